The number of amides is 1. The van der Waals surface area contributed by atoms with Crippen LogP contribution in [0.2, 0.25) is 0 Å². The van der Waals surface area contributed by atoms with E-state index in [1.54, 1.807) is 20.8 Å². The van der Waals surface area contributed by atoms with E-state index in [-0.39, 0.29) is 11.3 Å². The number of anilines is 1. The van der Waals surface area contributed by atoms with Crippen LogP contribution < -0.4 is 15.8 Å². The fraction of sp³-hybridized carbons (Fsp3) is 0.533. The van der Waals surface area contributed by atoms with Crippen molar-refractivity contribution in [2.45, 2.75) is 44.3 Å². The highest BCUT2D eigenvalue weighted by atomic mass is 19.3. The van der Waals surface area contributed by atoms with E-state index in [0.717, 1.165) is 0 Å². The maximum absolute atomic E-state index is 13.4. The van der Waals surface area contributed by atoms with Crippen molar-refractivity contribution in [3.63, 3.8) is 0 Å². The minimum Gasteiger partial charge on any atom is -0.496 e. The summed E-state index contributed by atoms with van der Waals surface area (Å²) in [6.07, 6.45) is -1.06. The molecule has 1 aliphatic carbocycles. The van der Waals surface area contributed by atoms with Gasteiger partial charge in [0.1, 0.15) is 16.9 Å². The van der Waals surface area contributed by atoms with Crippen molar-refractivity contribution in [3.05, 3.63) is 23.8 Å². The third-order valence-corrected chi connectivity index (χ3v) is 3.36. The lowest BCUT2D eigenvalue weighted by molar-refractivity contribution is 0.0635. The minimum absolute atomic E-state index is 0.202. The van der Waals surface area contributed by atoms with Crippen molar-refractivity contribution in [2.24, 2.45) is 5.73 Å². The highest BCUT2D eigenvalue weighted by Crippen LogP contribution is 2.59. The molecule has 1 fully saturated rings. The summed E-state index contributed by atoms with van der Waals surface area (Å²) in [5, 5.41) is 2.52. The smallest absolute Gasteiger partial charge is 0.412 e. The second kappa shape index (κ2) is 5.08. The molecule has 122 valence electrons. The van der Waals surface area contributed by atoms with Crippen LogP contribution in [0, 0.1) is 0 Å². The van der Waals surface area contributed by atoms with Crippen molar-refractivity contribution < 1.29 is 23.0 Å². The summed E-state index contributed by atoms with van der Waals surface area (Å²) in [5.74, 6) is -2.74. The monoisotopic (exact) mass is 314 g/mol. The summed E-state index contributed by atoms with van der Waals surface area (Å²) < 4.78 is 37.1. The van der Waals surface area contributed by atoms with Crippen molar-refractivity contribution >= 4 is 11.8 Å². The van der Waals surface area contributed by atoms with Crippen molar-refractivity contribution in [1.82, 2.24) is 0 Å². The predicted octanol–water partition coefficient (Wildman–Crippen LogP) is 3.24. The molecule has 22 heavy (non-hydrogen) atoms. The van der Waals surface area contributed by atoms with Crippen LogP contribution in [0.4, 0.5) is 19.3 Å². The number of carbonyl (C=O) groups is 1. The normalized spacial score (nSPS) is 22.9. The summed E-state index contributed by atoms with van der Waals surface area (Å²) in [4.78, 5) is 11.7. The van der Waals surface area contributed by atoms with E-state index in [1.807, 2.05) is 0 Å². The number of hydrogen-bond acceptors (Lipinski definition) is 4. The third-order valence-electron chi connectivity index (χ3n) is 3.36. The first-order valence-corrected chi connectivity index (χ1v) is 6.84. The number of carbonyl (C=O) groups excluding carboxylic acids is 1. The van der Waals surface area contributed by atoms with Crippen LogP contribution in [-0.2, 0) is 10.3 Å². The van der Waals surface area contributed by atoms with Gasteiger partial charge in [-0.3, -0.25) is 5.32 Å². The van der Waals surface area contributed by atoms with Crippen LogP contribution >= 0.6 is 0 Å². The Bertz CT molecular complexity index is 599. The fourth-order valence-corrected chi connectivity index (χ4v) is 2.16. The fourth-order valence-electron chi connectivity index (χ4n) is 2.16. The highest BCUT2D eigenvalue weighted by molar-refractivity contribution is 5.85. The van der Waals surface area contributed by atoms with Gasteiger partial charge in [0.15, 0.2) is 0 Å². The summed E-state index contributed by atoms with van der Waals surface area (Å²) in [6, 6.07) is 4.37. The molecule has 1 saturated carbocycles. The van der Waals surface area contributed by atoms with Crippen LogP contribution in [0.15, 0.2) is 18.2 Å². The molecule has 0 bridgehead atoms. The first-order chi connectivity index (χ1) is 9.98. The van der Waals surface area contributed by atoms with Gasteiger partial charge in [0.25, 0.3) is 5.92 Å². The Morgan fingerprint density at radius 2 is 1.95 bits per heavy atom. The predicted molar refractivity (Wildman–Crippen MR) is 78.3 cm³/mol. The Hall–Kier alpha value is -1.89. The van der Waals surface area contributed by atoms with Crippen molar-refractivity contribution in [1.29, 1.82) is 0 Å². The van der Waals surface area contributed by atoms with E-state index >= 15 is 0 Å². The standard InChI is InChI=1S/C15H20F2N2O3/c1-13(2,3)22-12(20)19-9-5-6-10(11(7-9)21-4)14(18)8-15(14,16)17/h5-7H,8,18H2,1-4H3,(H,19,20). The second-order valence-electron chi connectivity index (χ2n) is 6.39. The van der Waals surface area contributed by atoms with Crippen LogP contribution in [0.1, 0.15) is 32.8 Å². The van der Waals surface area contributed by atoms with Gasteiger partial charge in [-0.15, -0.1) is 0 Å². The minimum atomic E-state index is -2.94. The molecule has 5 nitrogen and oxygen atoms in total. The van der Waals surface area contributed by atoms with Crippen LogP contribution in [0.25, 0.3) is 0 Å². The molecule has 0 aromatic heterocycles. The first-order valence-electron chi connectivity index (χ1n) is 6.84. The quantitative estimate of drug-likeness (QED) is 0.898. The Balaban J connectivity index is 2.19. The molecule has 1 aromatic rings. The highest BCUT2D eigenvalue weighted by Gasteiger charge is 2.70. The summed E-state index contributed by atoms with van der Waals surface area (Å²) >= 11 is 0. The van der Waals surface area contributed by atoms with Crippen LogP contribution in [-0.4, -0.2) is 24.7 Å². The van der Waals surface area contributed by atoms with Gasteiger partial charge in [0.2, 0.25) is 0 Å². The van der Waals surface area contributed by atoms with E-state index < -0.39 is 29.6 Å². The number of rotatable bonds is 3. The van der Waals surface area contributed by atoms with Gasteiger partial charge in [-0.1, -0.05) is 6.07 Å². The van der Waals surface area contributed by atoms with Gasteiger partial charge in [-0.05, 0) is 26.8 Å². The molecule has 3 N–H and O–H groups in total. The van der Waals surface area contributed by atoms with Gasteiger partial charge in [-0.2, -0.15) is 0 Å². The molecule has 1 unspecified atom stereocenters. The average Bonchev–Trinajstić information content (AvgIpc) is 2.86. The number of nitrogens with two attached hydrogens (primary N) is 1. The molecule has 0 aliphatic heterocycles. The summed E-state index contributed by atoms with van der Waals surface area (Å²) in [6.45, 7) is 5.22. The zero-order valence-electron chi connectivity index (χ0n) is 13.0. The molecule has 0 heterocycles. The van der Waals surface area contributed by atoms with Gasteiger partial charge in [0, 0.05) is 23.7 Å². The molecule has 0 saturated heterocycles. The van der Waals surface area contributed by atoms with E-state index in [1.165, 1.54) is 25.3 Å². The number of benzene rings is 1. The maximum Gasteiger partial charge on any atom is 0.412 e. The zero-order chi connectivity index (χ0) is 16.8. The van der Waals surface area contributed by atoms with E-state index in [2.05, 4.69) is 5.32 Å². The van der Waals surface area contributed by atoms with Crippen LogP contribution in [0.3, 0.4) is 0 Å². The number of nitrogens with one attached hydrogen (secondary N) is 1. The number of methoxy groups -OCH3 is 1. The van der Waals surface area contributed by atoms with E-state index in [9.17, 15) is 13.6 Å². The average molecular weight is 314 g/mol. The third kappa shape index (κ3) is 3.14. The molecule has 7 heteroatoms. The Labute approximate surface area is 127 Å². The number of hydrogen-bond donors (Lipinski definition) is 2. The molecular formula is C15H20F2N2O3. The Morgan fingerprint density at radius 3 is 2.41 bits per heavy atom. The molecule has 1 aromatic carbocycles. The zero-order valence-corrected chi connectivity index (χ0v) is 13.0. The molecule has 0 radical (unpaired) electrons. The maximum atomic E-state index is 13.4. The molecule has 1 aliphatic rings. The number of ether oxygens (including phenoxy) is 2. The Morgan fingerprint density at radius 1 is 1.36 bits per heavy atom. The second-order valence-corrected chi connectivity index (χ2v) is 6.39. The topological polar surface area (TPSA) is 73.6 Å². The molecule has 1 amide bonds. The van der Waals surface area contributed by atoms with Gasteiger partial charge in [-0.25, -0.2) is 13.6 Å². The molecule has 2 rings (SSSR count). The van der Waals surface area contributed by atoms with Crippen molar-refractivity contribution in [3.8, 4) is 5.75 Å². The summed E-state index contributed by atoms with van der Waals surface area (Å²) in [5.41, 5.74) is 3.97. The number of alkyl halides is 2. The molecular weight excluding hydrogens is 294 g/mol. The van der Waals surface area contributed by atoms with Gasteiger partial charge >= 0.3 is 6.09 Å². The largest absolute Gasteiger partial charge is 0.496 e. The molecule has 1 atom stereocenters. The lowest BCUT2D eigenvalue weighted by Gasteiger charge is -2.20. The van der Waals surface area contributed by atoms with Gasteiger partial charge < -0.3 is 15.2 Å². The summed E-state index contributed by atoms with van der Waals surface area (Å²) in [7, 11) is 1.36. The van der Waals surface area contributed by atoms with Crippen molar-refractivity contribution in [2.75, 3.05) is 12.4 Å². The van der Waals surface area contributed by atoms with Crippen LogP contribution in [0.5, 0.6) is 5.75 Å². The lowest BCUT2D eigenvalue weighted by atomic mass is 10.0. The Kier molecular flexibility index (Phi) is 3.81. The van der Waals surface area contributed by atoms with Gasteiger partial charge in [0.05, 0.1) is 7.11 Å². The van der Waals surface area contributed by atoms with E-state index in [4.69, 9.17) is 15.2 Å². The number of halogens is 2. The first kappa shape index (κ1) is 16.5. The SMILES string of the molecule is COc1cc(NC(=O)OC(C)(C)C)ccc1C1(N)CC1(F)F. The van der Waals surface area contributed by atoms with E-state index in [0.29, 0.717) is 5.69 Å². The lowest BCUT2D eigenvalue weighted by Crippen LogP contribution is -2.28. The molecule has 0 spiro atoms.